The number of aromatic nitrogens is 1. The number of aromatic amines is 1. The van der Waals surface area contributed by atoms with Gasteiger partial charge in [0.25, 0.3) is 0 Å². The molecule has 0 spiro atoms. The second-order valence-corrected chi connectivity index (χ2v) is 3.37. The van der Waals surface area contributed by atoms with Crippen LogP contribution < -0.4 is 0 Å². The molecule has 1 aromatic carbocycles. The molecule has 2 rings (SSSR count). The maximum Gasteiger partial charge on any atom is 0.0497 e. The van der Waals surface area contributed by atoms with Gasteiger partial charge in [0, 0.05) is 29.6 Å². The molecule has 0 amide bonds. The summed E-state index contributed by atoms with van der Waals surface area (Å²) in [5, 5.41) is 10.3. The van der Waals surface area contributed by atoms with Gasteiger partial charge in [0.2, 0.25) is 0 Å². The lowest BCUT2D eigenvalue weighted by molar-refractivity contribution is 0.273. The van der Waals surface area contributed by atoms with Crippen molar-refractivity contribution >= 4 is 10.9 Å². The zero-order chi connectivity index (χ0) is 9.26. The highest BCUT2D eigenvalue weighted by molar-refractivity contribution is 5.83. The Morgan fingerprint density at radius 2 is 2.23 bits per heavy atom. The molecule has 2 nitrogen and oxygen atoms in total. The van der Waals surface area contributed by atoms with Crippen LogP contribution in [-0.4, -0.2) is 16.7 Å². The average Bonchev–Trinajstić information content (AvgIpc) is 2.63. The van der Waals surface area contributed by atoms with Crippen molar-refractivity contribution in [2.45, 2.75) is 12.8 Å². The number of aliphatic hydroxyl groups excluding tert-OH is 1. The van der Waals surface area contributed by atoms with Crippen molar-refractivity contribution in [1.82, 2.24) is 4.98 Å². The van der Waals surface area contributed by atoms with Gasteiger partial charge in [-0.2, -0.15) is 0 Å². The van der Waals surface area contributed by atoms with E-state index < -0.39 is 0 Å². The molecule has 2 heteroatoms. The third-order valence-corrected chi connectivity index (χ3v) is 2.43. The van der Waals surface area contributed by atoms with Crippen LogP contribution in [0.3, 0.4) is 0 Å². The summed E-state index contributed by atoms with van der Waals surface area (Å²) >= 11 is 0. The molecule has 1 heterocycles. The van der Waals surface area contributed by atoms with Gasteiger partial charge in [0.05, 0.1) is 0 Å². The molecule has 0 saturated carbocycles. The topological polar surface area (TPSA) is 36.0 Å². The zero-order valence-electron chi connectivity index (χ0n) is 7.62. The summed E-state index contributed by atoms with van der Waals surface area (Å²) in [6.07, 6.45) is 1.93. The summed E-state index contributed by atoms with van der Waals surface area (Å²) in [6.45, 7) is 2.23. The largest absolute Gasteiger partial charge is 0.396 e. The number of fused-ring (bicyclic) bond motifs is 1. The predicted octanol–water partition coefficient (Wildman–Crippen LogP) is 2.26. The summed E-state index contributed by atoms with van der Waals surface area (Å²) in [6, 6.07) is 8.18. The SMILES string of the molecule is CC(CO)c1cccc2[nH]ccc12. The molecule has 1 aromatic heterocycles. The second kappa shape index (κ2) is 3.23. The molecule has 0 bridgehead atoms. The summed E-state index contributed by atoms with van der Waals surface area (Å²) in [5.41, 5.74) is 2.35. The molecule has 2 N–H and O–H groups in total. The monoisotopic (exact) mass is 175 g/mol. The fourth-order valence-electron chi connectivity index (χ4n) is 1.64. The zero-order valence-corrected chi connectivity index (χ0v) is 7.62. The molecule has 0 aliphatic rings. The Hall–Kier alpha value is -1.28. The fraction of sp³-hybridized carbons (Fsp3) is 0.273. The molecule has 2 aromatic rings. The van der Waals surface area contributed by atoms with Crippen molar-refractivity contribution in [2.75, 3.05) is 6.61 Å². The lowest BCUT2D eigenvalue weighted by Gasteiger charge is -2.09. The minimum Gasteiger partial charge on any atom is -0.396 e. The van der Waals surface area contributed by atoms with Crippen LogP contribution >= 0.6 is 0 Å². The maximum atomic E-state index is 9.07. The summed E-state index contributed by atoms with van der Waals surface area (Å²) < 4.78 is 0. The van der Waals surface area contributed by atoms with Crippen LogP contribution in [0.4, 0.5) is 0 Å². The van der Waals surface area contributed by atoms with Crippen LogP contribution in [0.5, 0.6) is 0 Å². The molecule has 0 aliphatic heterocycles. The first-order chi connectivity index (χ1) is 6.33. The number of H-pyrrole nitrogens is 1. The van der Waals surface area contributed by atoms with E-state index in [4.69, 9.17) is 5.11 Å². The van der Waals surface area contributed by atoms with Gasteiger partial charge in [-0.25, -0.2) is 0 Å². The summed E-state index contributed by atoms with van der Waals surface area (Å²) in [4.78, 5) is 3.16. The van der Waals surface area contributed by atoms with Gasteiger partial charge in [-0.05, 0) is 17.7 Å². The first kappa shape index (κ1) is 8.32. The van der Waals surface area contributed by atoms with Crippen LogP contribution in [0.2, 0.25) is 0 Å². The van der Waals surface area contributed by atoms with Crippen molar-refractivity contribution in [1.29, 1.82) is 0 Å². The number of aliphatic hydroxyl groups is 1. The van der Waals surface area contributed by atoms with E-state index in [2.05, 4.69) is 17.1 Å². The van der Waals surface area contributed by atoms with E-state index in [1.807, 2.05) is 25.3 Å². The van der Waals surface area contributed by atoms with Gasteiger partial charge in [0.15, 0.2) is 0 Å². The molecule has 13 heavy (non-hydrogen) atoms. The number of rotatable bonds is 2. The third-order valence-electron chi connectivity index (χ3n) is 2.43. The van der Waals surface area contributed by atoms with E-state index in [9.17, 15) is 0 Å². The molecule has 0 saturated heterocycles. The third kappa shape index (κ3) is 1.33. The molecule has 1 unspecified atom stereocenters. The highest BCUT2D eigenvalue weighted by Gasteiger charge is 2.07. The molecular formula is C11H13NO. The summed E-state index contributed by atoms with van der Waals surface area (Å²) in [7, 11) is 0. The van der Waals surface area contributed by atoms with Crippen molar-refractivity contribution in [3.8, 4) is 0 Å². The molecular weight excluding hydrogens is 162 g/mol. The first-order valence-electron chi connectivity index (χ1n) is 4.50. The van der Waals surface area contributed by atoms with Gasteiger partial charge >= 0.3 is 0 Å². The quantitative estimate of drug-likeness (QED) is 0.721. The van der Waals surface area contributed by atoms with E-state index in [0.29, 0.717) is 0 Å². The van der Waals surface area contributed by atoms with Gasteiger partial charge < -0.3 is 10.1 Å². The normalized spacial score (nSPS) is 13.4. The van der Waals surface area contributed by atoms with Crippen molar-refractivity contribution in [2.24, 2.45) is 0 Å². The van der Waals surface area contributed by atoms with Crippen LogP contribution in [0.15, 0.2) is 30.5 Å². The number of nitrogens with one attached hydrogen (secondary N) is 1. The van der Waals surface area contributed by atoms with E-state index in [0.717, 1.165) is 5.52 Å². The van der Waals surface area contributed by atoms with Crippen LogP contribution in [-0.2, 0) is 0 Å². The number of hydrogen-bond donors (Lipinski definition) is 2. The Bertz CT molecular complexity index is 405. The molecule has 0 fully saturated rings. The Balaban J connectivity index is 2.60. The lowest BCUT2D eigenvalue weighted by Crippen LogP contribution is -1.98. The summed E-state index contributed by atoms with van der Waals surface area (Å²) in [5.74, 6) is 0.208. The Morgan fingerprint density at radius 3 is 3.00 bits per heavy atom. The highest BCUT2D eigenvalue weighted by atomic mass is 16.3. The van der Waals surface area contributed by atoms with Gasteiger partial charge in [-0.15, -0.1) is 0 Å². The van der Waals surface area contributed by atoms with Crippen molar-refractivity contribution in [3.05, 3.63) is 36.0 Å². The predicted molar refractivity (Wildman–Crippen MR) is 53.8 cm³/mol. The maximum absolute atomic E-state index is 9.07. The lowest BCUT2D eigenvalue weighted by atomic mass is 9.98. The van der Waals surface area contributed by atoms with Crippen molar-refractivity contribution in [3.63, 3.8) is 0 Å². The van der Waals surface area contributed by atoms with Gasteiger partial charge in [0.1, 0.15) is 0 Å². The van der Waals surface area contributed by atoms with Crippen LogP contribution in [0.25, 0.3) is 10.9 Å². The van der Waals surface area contributed by atoms with Gasteiger partial charge in [-0.3, -0.25) is 0 Å². The molecule has 1 atom stereocenters. The van der Waals surface area contributed by atoms with Crippen molar-refractivity contribution < 1.29 is 5.11 Å². The number of hydrogen-bond acceptors (Lipinski definition) is 1. The van der Waals surface area contributed by atoms with E-state index in [1.165, 1.54) is 10.9 Å². The average molecular weight is 175 g/mol. The van der Waals surface area contributed by atoms with E-state index >= 15 is 0 Å². The Kier molecular flexibility index (Phi) is 2.07. The fourth-order valence-corrected chi connectivity index (χ4v) is 1.64. The highest BCUT2D eigenvalue weighted by Crippen LogP contribution is 2.24. The van der Waals surface area contributed by atoms with Gasteiger partial charge in [-0.1, -0.05) is 19.1 Å². The smallest absolute Gasteiger partial charge is 0.0497 e. The molecule has 0 aliphatic carbocycles. The first-order valence-corrected chi connectivity index (χ1v) is 4.50. The second-order valence-electron chi connectivity index (χ2n) is 3.37. The Labute approximate surface area is 77.2 Å². The minimum absolute atomic E-state index is 0.199. The van der Waals surface area contributed by atoms with E-state index in [1.54, 1.807) is 0 Å². The van der Waals surface area contributed by atoms with Crippen LogP contribution in [0, 0.1) is 0 Å². The molecule has 0 radical (unpaired) electrons. The van der Waals surface area contributed by atoms with Crippen LogP contribution in [0.1, 0.15) is 18.4 Å². The molecule has 68 valence electrons. The van der Waals surface area contributed by atoms with E-state index in [-0.39, 0.29) is 12.5 Å². The minimum atomic E-state index is 0.199. The number of benzene rings is 1. The Morgan fingerprint density at radius 1 is 1.38 bits per heavy atom. The standard InChI is InChI=1S/C11H13NO/c1-8(7-13)9-3-2-4-11-10(9)5-6-12-11/h2-6,8,12-13H,7H2,1H3.